The molecule has 0 aliphatic heterocycles. The fraction of sp³-hybridized carbons (Fsp3) is 0.0909. The summed E-state index contributed by atoms with van der Waals surface area (Å²) >= 11 is 7.63. The summed E-state index contributed by atoms with van der Waals surface area (Å²) in [4.78, 5) is 23.7. The molecule has 94 valence electrons. The minimum Gasteiger partial charge on any atom is -0.451 e. The van der Waals surface area contributed by atoms with Crippen LogP contribution in [0, 0.1) is 0 Å². The number of carbonyl (C=O) groups excluding carboxylic acids is 2. The third kappa shape index (κ3) is 3.30. The zero-order valence-corrected chi connectivity index (χ0v) is 12.8. The van der Waals surface area contributed by atoms with Gasteiger partial charge in [0.2, 0.25) is 11.5 Å². The lowest BCUT2D eigenvalue weighted by Crippen LogP contribution is -2.12. The normalized spacial score (nSPS) is 10.3. The fourth-order valence-electron chi connectivity index (χ4n) is 1.16. The number of Topliss-reactive ketones (excluding diaryl/α,β-unsaturated/α-hetero) is 1. The Morgan fingerprint density at radius 1 is 1.22 bits per heavy atom. The van der Waals surface area contributed by atoms with Crippen LogP contribution in [-0.2, 0) is 4.74 Å². The van der Waals surface area contributed by atoms with E-state index in [0.29, 0.717) is 9.55 Å². The van der Waals surface area contributed by atoms with Crippen LogP contribution in [0.15, 0.2) is 37.1 Å². The summed E-state index contributed by atoms with van der Waals surface area (Å²) < 4.78 is 11.2. The second kappa shape index (κ2) is 5.81. The molecule has 0 saturated heterocycles. The third-order valence-corrected chi connectivity index (χ3v) is 4.05. The lowest BCUT2D eigenvalue weighted by atomic mass is 10.3. The van der Waals surface area contributed by atoms with Crippen LogP contribution in [-0.4, -0.2) is 18.4 Å². The van der Waals surface area contributed by atoms with Crippen LogP contribution in [0.25, 0.3) is 0 Å². The Labute approximate surface area is 123 Å². The van der Waals surface area contributed by atoms with Crippen molar-refractivity contribution < 1.29 is 18.7 Å². The summed E-state index contributed by atoms with van der Waals surface area (Å²) in [5.74, 6) is -0.851. The maximum Gasteiger partial charge on any atom is 0.374 e. The van der Waals surface area contributed by atoms with Crippen molar-refractivity contribution in [1.82, 2.24) is 0 Å². The van der Waals surface area contributed by atoms with Crippen LogP contribution in [0.3, 0.4) is 0 Å². The quantitative estimate of drug-likeness (QED) is 0.583. The molecule has 0 bridgehead atoms. The Kier molecular flexibility index (Phi) is 4.36. The third-order valence-electron chi connectivity index (χ3n) is 1.96. The van der Waals surface area contributed by atoms with Crippen LogP contribution in [0.2, 0.25) is 0 Å². The molecule has 0 unspecified atom stereocenters. The van der Waals surface area contributed by atoms with E-state index < -0.39 is 5.97 Å². The van der Waals surface area contributed by atoms with Gasteiger partial charge in [-0.1, -0.05) is 0 Å². The molecule has 0 N–H and O–H groups in total. The Morgan fingerprint density at radius 3 is 2.56 bits per heavy atom. The minimum atomic E-state index is -0.662. The highest BCUT2D eigenvalue weighted by molar-refractivity contribution is 9.11. The van der Waals surface area contributed by atoms with Gasteiger partial charge in [-0.25, -0.2) is 4.79 Å². The number of furan rings is 1. The number of carbonyl (C=O) groups is 2. The highest BCUT2D eigenvalue weighted by Crippen LogP contribution is 2.22. The summed E-state index contributed by atoms with van der Waals surface area (Å²) in [5, 5.41) is 0. The highest BCUT2D eigenvalue weighted by Gasteiger charge is 2.15. The molecule has 2 aromatic rings. The summed E-state index contributed by atoms with van der Waals surface area (Å²) in [6.45, 7) is -0.301. The first kappa shape index (κ1) is 13.5. The largest absolute Gasteiger partial charge is 0.451 e. The van der Waals surface area contributed by atoms with Crippen molar-refractivity contribution in [2.45, 2.75) is 0 Å². The van der Waals surface area contributed by atoms with Gasteiger partial charge in [0, 0.05) is 0 Å². The topological polar surface area (TPSA) is 56.5 Å². The number of ketones is 1. The van der Waals surface area contributed by atoms with Crippen molar-refractivity contribution in [3.63, 3.8) is 0 Å². The number of halogens is 2. The molecule has 18 heavy (non-hydrogen) atoms. The van der Waals surface area contributed by atoms with E-state index in [9.17, 15) is 9.59 Å². The highest BCUT2D eigenvalue weighted by atomic mass is 79.9. The van der Waals surface area contributed by atoms with E-state index in [0.717, 1.165) is 3.79 Å². The van der Waals surface area contributed by atoms with Gasteiger partial charge in [-0.05, 0) is 56.1 Å². The molecule has 2 rings (SSSR count). The number of hydrogen-bond acceptors (Lipinski definition) is 5. The first-order valence-corrected chi connectivity index (χ1v) is 7.17. The Balaban J connectivity index is 1.92. The maximum absolute atomic E-state index is 11.7. The minimum absolute atomic E-state index is 0.0574. The van der Waals surface area contributed by atoms with Crippen LogP contribution in [0.1, 0.15) is 20.2 Å². The van der Waals surface area contributed by atoms with E-state index in [1.54, 1.807) is 18.2 Å². The molecule has 0 radical (unpaired) electrons. The Hall–Kier alpha value is -0.920. The molecule has 0 aliphatic rings. The van der Waals surface area contributed by atoms with Crippen LogP contribution in [0.5, 0.6) is 0 Å². The van der Waals surface area contributed by atoms with Crippen LogP contribution in [0.4, 0.5) is 0 Å². The molecule has 2 aromatic heterocycles. The van der Waals surface area contributed by atoms with Crippen molar-refractivity contribution in [3.8, 4) is 0 Å². The van der Waals surface area contributed by atoms with E-state index in [2.05, 4.69) is 31.9 Å². The maximum atomic E-state index is 11.7. The van der Waals surface area contributed by atoms with Crippen molar-refractivity contribution in [1.29, 1.82) is 0 Å². The second-order valence-corrected chi connectivity index (χ2v) is 6.45. The number of thiophene rings is 1. The molecule has 0 amide bonds. The first-order valence-electron chi connectivity index (χ1n) is 4.77. The average molecular weight is 394 g/mol. The van der Waals surface area contributed by atoms with Gasteiger partial charge in [0.15, 0.2) is 11.3 Å². The molecule has 4 nitrogen and oxygen atoms in total. The van der Waals surface area contributed by atoms with Gasteiger partial charge in [0.05, 0.1) is 8.66 Å². The number of esters is 1. The fourth-order valence-corrected chi connectivity index (χ4v) is 2.78. The summed E-state index contributed by atoms with van der Waals surface area (Å²) in [6, 6.07) is 6.49. The molecular weight excluding hydrogens is 388 g/mol. The second-order valence-electron chi connectivity index (χ2n) is 3.21. The van der Waals surface area contributed by atoms with Gasteiger partial charge >= 0.3 is 5.97 Å². The van der Waals surface area contributed by atoms with Gasteiger partial charge < -0.3 is 9.15 Å². The van der Waals surface area contributed by atoms with Crippen LogP contribution >= 0.6 is 43.2 Å². The van der Waals surface area contributed by atoms with Gasteiger partial charge in [0.1, 0.15) is 0 Å². The number of ether oxygens (including phenoxy) is 1. The average Bonchev–Trinajstić information content (AvgIpc) is 2.94. The van der Waals surface area contributed by atoms with E-state index in [4.69, 9.17) is 9.15 Å². The molecule has 0 saturated carbocycles. The molecular formula is C11H6Br2O4S. The monoisotopic (exact) mass is 392 g/mol. The molecule has 0 atom stereocenters. The predicted molar refractivity (Wildman–Crippen MR) is 73.0 cm³/mol. The number of rotatable bonds is 4. The first-order chi connectivity index (χ1) is 8.56. The lowest BCUT2D eigenvalue weighted by Gasteiger charge is -2.00. The molecule has 0 fully saturated rings. The Bertz CT molecular complexity index is 535. The van der Waals surface area contributed by atoms with Gasteiger partial charge in [-0.3, -0.25) is 4.79 Å². The lowest BCUT2D eigenvalue weighted by molar-refractivity contribution is 0.0443. The standard InChI is InChI=1S/C11H6Br2O4S/c12-9-3-1-7(17-9)11(15)16-5-6(14)8-2-4-10(13)18-8/h1-4H,5H2. The smallest absolute Gasteiger partial charge is 0.374 e. The van der Waals surface area contributed by atoms with Crippen molar-refractivity contribution >= 4 is 54.9 Å². The summed E-state index contributed by atoms with van der Waals surface area (Å²) in [6.07, 6.45) is 0. The van der Waals surface area contributed by atoms with E-state index in [1.807, 2.05) is 0 Å². The number of hydrogen-bond donors (Lipinski definition) is 0. The van der Waals surface area contributed by atoms with E-state index >= 15 is 0 Å². The molecule has 2 heterocycles. The predicted octanol–water partition coefficient (Wildman–Crippen LogP) is 3.91. The molecule has 7 heteroatoms. The van der Waals surface area contributed by atoms with Crippen molar-refractivity contribution in [2.24, 2.45) is 0 Å². The van der Waals surface area contributed by atoms with E-state index in [-0.39, 0.29) is 18.2 Å². The van der Waals surface area contributed by atoms with Gasteiger partial charge in [-0.2, -0.15) is 0 Å². The van der Waals surface area contributed by atoms with Gasteiger partial charge in [-0.15, -0.1) is 11.3 Å². The zero-order valence-electron chi connectivity index (χ0n) is 8.81. The van der Waals surface area contributed by atoms with Crippen LogP contribution < -0.4 is 0 Å². The SMILES string of the molecule is O=C(OCC(=O)c1ccc(Br)s1)c1ccc(Br)o1. The summed E-state index contributed by atoms with van der Waals surface area (Å²) in [5.41, 5.74) is 0. The molecule has 0 spiro atoms. The van der Waals surface area contributed by atoms with Gasteiger partial charge in [0.25, 0.3) is 0 Å². The van der Waals surface area contributed by atoms with Crippen molar-refractivity contribution in [3.05, 3.63) is 43.4 Å². The summed E-state index contributed by atoms with van der Waals surface area (Å²) in [7, 11) is 0. The molecule has 0 aromatic carbocycles. The zero-order chi connectivity index (χ0) is 13.1. The molecule has 0 aliphatic carbocycles. The van der Waals surface area contributed by atoms with E-state index in [1.165, 1.54) is 17.4 Å². The Morgan fingerprint density at radius 2 is 2.00 bits per heavy atom. The van der Waals surface area contributed by atoms with Crippen molar-refractivity contribution in [2.75, 3.05) is 6.61 Å².